The molecular formula is C29H28N3O2+. The van der Waals surface area contributed by atoms with Gasteiger partial charge in [0.05, 0.1) is 12.1 Å². The molecule has 0 saturated carbocycles. The number of fused-ring (bicyclic) bond motifs is 1. The van der Waals surface area contributed by atoms with E-state index in [2.05, 4.69) is 84.7 Å². The van der Waals surface area contributed by atoms with Crippen LogP contribution in [0.1, 0.15) is 28.4 Å². The van der Waals surface area contributed by atoms with Crippen LogP contribution in [-0.2, 0) is 12.8 Å². The van der Waals surface area contributed by atoms with Crippen LogP contribution < -0.4 is 15.0 Å². The first-order valence-electron chi connectivity index (χ1n) is 11.6. The first-order chi connectivity index (χ1) is 16.6. The van der Waals surface area contributed by atoms with Crippen molar-refractivity contribution in [2.45, 2.75) is 25.8 Å². The van der Waals surface area contributed by atoms with E-state index >= 15 is 0 Å². The summed E-state index contributed by atoms with van der Waals surface area (Å²) < 4.78 is 6.79. The van der Waals surface area contributed by atoms with Crippen LogP contribution in [-0.4, -0.2) is 23.5 Å². The molecule has 0 fully saturated rings. The Balaban J connectivity index is 1.45. The van der Waals surface area contributed by atoms with Gasteiger partial charge in [0.15, 0.2) is 0 Å². The highest BCUT2D eigenvalue weighted by molar-refractivity contribution is 5.92. The Kier molecular flexibility index (Phi) is 5.86. The maximum absolute atomic E-state index is 11.3. The van der Waals surface area contributed by atoms with Gasteiger partial charge >= 0.3 is 0 Å². The fraction of sp³-hybridized carbons (Fsp3) is 0.172. The van der Waals surface area contributed by atoms with Crippen LogP contribution in [0.3, 0.4) is 0 Å². The van der Waals surface area contributed by atoms with Crippen LogP contribution in [0.25, 0.3) is 0 Å². The topological polar surface area (TPSA) is 65.2 Å². The summed E-state index contributed by atoms with van der Waals surface area (Å²) in [6.45, 7) is 3.24. The Labute approximate surface area is 200 Å². The van der Waals surface area contributed by atoms with Gasteiger partial charge in [0.1, 0.15) is 23.2 Å². The lowest BCUT2D eigenvalue weighted by molar-refractivity contribution is 0.1000. The number of likely N-dealkylation sites (N-methyl/N-ethyl adjacent to an activating group) is 1. The van der Waals surface area contributed by atoms with Gasteiger partial charge in [-0.3, -0.25) is 9.28 Å². The molecule has 4 aromatic rings. The summed E-state index contributed by atoms with van der Waals surface area (Å²) >= 11 is 0. The number of para-hydroxylation sites is 2. The quantitative estimate of drug-likeness (QED) is 0.362. The number of aromatic nitrogens is 1. The minimum absolute atomic E-state index is 0.361. The number of quaternary nitrogens is 1. The first-order valence-corrected chi connectivity index (χ1v) is 11.6. The molecule has 1 amide bonds. The number of benzene rings is 3. The second-order valence-electron chi connectivity index (χ2n) is 8.70. The summed E-state index contributed by atoms with van der Waals surface area (Å²) in [6.07, 6.45) is 3.39. The summed E-state index contributed by atoms with van der Waals surface area (Å²) in [7, 11) is 0. The summed E-state index contributed by atoms with van der Waals surface area (Å²) in [4.78, 5) is 15.5. The lowest BCUT2D eigenvalue weighted by Gasteiger charge is -2.42. The largest absolute Gasteiger partial charge is 0.439 e. The van der Waals surface area contributed by atoms with Gasteiger partial charge in [-0.25, -0.2) is 4.98 Å². The SMILES string of the molecule is CC[N+](c1ccccc1)(c1ccccc1)C1Cc2ccc(Oc3ccc(C(N)=O)cn3)cc2C1. The highest BCUT2D eigenvalue weighted by Gasteiger charge is 2.43. The van der Waals surface area contributed by atoms with Gasteiger partial charge in [-0.2, -0.15) is 0 Å². The molecule has 0 radical (unpaired) electrons. The number of pyridine rings is 1. The fourth-order valence-corrected chi connectivity index (χ4v) is 5.24. The van der Waals surface area contributed by atoms with Gasteiger partial charge in [0.25, 0.3) is 0 Å². The van der Waals surface area contributed by atoms with Crippen molar-refractivity contribution < 1.29 is 9.53 Å². The number of rotatable bonds is 7. The molecule has 1 unspecified atom stereocenters. The standard InChI is InChI=1S/C29H27N3O2/c1-2-32(24-9-5-3-6-10-24,25-11-7-4-8-12-25)26-17-21-13-15-27(19-23(21)18-26)34-28-16-14-22(20-31-28)29(30)33/h3-16,19-20,26H,2,17-18H2,1H3,(H-,30,33)/p+1. The molecule has 0 saturated heterocycles. The van der Waals surface area contributed by atoms with E-state index in [1.807, 2.05) is 6.07 Å². The maximum Gasteiger partial charge on any atom is 0.250 e. The number of hydrogen-bond donors (Lipinski definition) is 1. The van der Waals surface area contributed by atoms with Gasteiger partial charge in [-0.15, -0.1) is 0 Å². The maximum atomic E-state index is 11.3. The molecule has 1 atom stereocenters. The Morgan fingerprint density at radius 2 is 1.56 bits per heavy atom. The van der Waals surface area contributed by atoms with Crippen LogP contribution in [0, 0.1) is 0 Å². The first kappa shape index (κ1) is 21.9. The van der Waals surface area contributed by atoms with Crippen molar-refractivity contribution in [1.29, 1.82) is 0 Å². The van der Waals surface area contributed by atoms with Crippen molar-refractivity contribution in [3.8, 4) is 11.6 Å². The minimum Gasteiger partial charge on any atom is -0.439 e. The Bertz CT molecular complexity index is 1250. The van der Waals surface area contributed by atoms with Crippen LogP contribution >= 0.6 is 0 Å². The molecule has 1 aromatic heterocycles. The van der Waals surface area contributed by atoms with E-state index in [4.69, 9.17) is 10.5 Å². The molecule has 5 rings (SSSR count). The highest BCUT2D eigenvalue weighted by atomic mass is 16.5. The van der Waals surface area contributed by atoms with Crippen molar-refractivity contribution in [2.75, 3.05) is 6.54 Å². The lowest BCUT2D eigenvalue weighted by Crippen LogP contribution is -2.53. The van der Waals surface area contributed by atoms with Crippen molar-refractivity contribution in [2.24, 2.45) is 5.73 Å². The van der Waals surface area contributed by atoms with Crippen LogP contribution in [0.2, 0.25) is 0 Å². The Morgan fingerprint density at radius 3 is 2.12 bits per heavy atom. The molecule has 2 N–H and O–H groups in total. The molecule has 5 nitrogen and oxygen atoms in total. The molecule has 1 aliphatic rings. The van der Waals surface area contributed by atoms with E-state index in [1.54, 1.807) is 12.1 Å². The summed E-state index contributed by atoms with van der Waals surface area (Å²) in [5.74, 6) is 0.677. The number of primary amides is 1. The normalized spacial score (nSPS) is 15.0. The number of amides is 1. The molecule has 1 heterocycles. The zero-order valence-electron chi connectivity index (χ0n) is 19.2. The zero-order valence-corrected chi connectivity index (χ0v) is 19.2. The van der Waals surface area contributed by atoms with Crippen molar-refractivity contribution in [3.63, 3.8) is 0 Å². The van der Waals surface area contributed by atoms with E-state index < -0.39 is 5.91 Å². The van der Waals surface area contributed by atoms with E-state index in [9.17, 15) is 4.79 Å². The van der Waals surface area contributed by atoms with Gasteiger partial charge in [-0.05, 0) is 60.5 Å². The van der Waals surface area contributed by atoms with Crippen LogP contribution in [0.4, 0.5) is 11.4 Å². The summed E-state index contributed by atoms with van der Waals surface area (Å²) in [5.41, 5.74) is 10.9. The van der Waals surface area contributed by atoms with Crippen molar-refractivity contribution in [3.05, 3.63) is 114 Å². The number of carbonyl (C=O) groups excluding carboxylic acids is 1. The summed E-state index contributed by atoms with van der Waals surface area (Å²) in [6, 6.07) is 31.6. The minimum atomic E-state index is -0.503. The molecule has 0 aliphatic heterocycles. The second kappa shape index (κ2) is 9.12. The number of nitrogens with zero attached hydrogens (tertiary/aromatic N) is 2. The van der Waals surface area contributed by atoms with Gasteiger partial charge < -0.3 is 10.5 Å². The third kappa shape index (κ3) is 3.95. The van der Waals surface area contributed by atoms with Gasteiger partial charge in [0, 0.05) is 25.1 Å². The van der Waals surface area contributed by atoms with E-state index in [1.165, 1.54) is 28.7 Å². The monoisotopic (exact) mass is 450 g/mol. The molecule has 5 heteroatoms. The number of ether oxygens (including phenoxy) is 1. The average molecular weight is 451 g/mol. The Hall–Kier alpha value is -3.96. The molecule has 0 bridgehead atoms. The smallest absolute Gasteiger partial charge is 0.250 e. The van der Waals surface area contributed by atoms with Gasteiger partial charge in [-0.1, -0.05) is 42.5 Å². The molecular weight excluding hydrogens is 422 g/mol. The third-order valence-electron chi connectivity index (χ3n) is 6.89. The van der Waals surface area contributed by atoms with Crippen molar-refractivity contribution in [1.82, 2.24) is 9.47 Å². The lowest BCUT2D eigenvalue weighted by atomic mass is 10.0. The van der Waals surface area contributed by atoms with E-state index in [-0.39, 0.29) is 0 Å². The number of nitrogens with two attached hydrogens (primary N) is 1. The van der Waals surface area contributed by atoms with Crippen LogP contribution in [0.15, 0.2) is 97.2 Å². The zero-order chi connectivity index (χ0) is 23.5. The highest BCUT2D eigenvalue weighted by Crippen LogP contribution is 2.42. The molecule has 3 aromatic carbocycles. The fourth-order valence-electron chi connectivity index (χ4n) is 5.24. The van der Waals surface area contributed by atoms with Crippen LogP contribution in [0.5, 0.6) is 11.6 Å². The molecule has 1 aliphatic carbocycles. The van der Waals surface area contributed by atoms with E-state index in [0.717, 1.165) is 29.6 Å². The second-order valence-corrected chi connectivity index (χ2v) is 8.70. The van der Waals surface area contributed by atoms with E-state index in [0.29, 0.717) is 17.5 Å². The van der Waals surface area contributed by atoms with Crippen molar-refractivity contribution >= 4 is 17.3 Å². The summed E-state index contributed by atoms with van der Waals surface area (Å²) in [5, 5.41) is 0. The number of hydrogen-bond acceptors (Lipinski definition) is 3. The predicted molar refractivity (Wildman–Crippen MR) is 135 cm³/mol. The number of carbonyl (C=O) groups is 1. The predicted octanol–water partition coefficient (Wildman–Crippen LogP) is 5.80. The molecule has 170 valence electrons. The van der Waals surface area contributed by atoms with Gasteiger partial charge in [0.2, 0.25) is 11.8 Å². The average Bonchev–Trinajstić information content (AvgIpc) is 3.30. The molecule has 34 heavy (non-hydrogen) atoms. The Morgan fingerprint density at radius 1 is 0.912 bits per heavy atom. The molecule has 0 spiro atoms. The third-order valence-corrected chi connectivity index (χ3v) is 6.89.